The van der Waals surface area contributed by atoms with Gasteiger partial charge < -0.3 is 10.6 Å². The molecule has 0 unspecified atom stereocenters. The van der Waals surface area contributed by atoms with Crippen molar-refractivity contribution in [1.82, 2.24) is 15.2 Å². The summed E-state index contributed by atoms with van der Waals surface area (Å²) in [4.78, 5) is 15.1. The van der Waals surface area contributed by atoms with Crippen LogP contribution >= 0.6 is 11.6 Å². The summed E-state index contributed by atoms with van der Waals surface area (Å²) in [6.45, 7) is 0.332. The minimum atomic E-state index is -0.556. The fourth-order valence-electron chi connectivity index (χ4n) is 2.75. The summed E-state index contributed by atoms with van der Waals surface area (Å²) in [6.07, 6.45) is 2.22. The predicted molar refractivity (Wildman–Crippen MR) is 103 cm³/mol. The van der Waals surface area contributed by atoms with Crippen LogP contribution in [0.2, 0.25) is 5.02 Å². The van der Waals surface area contributed by atoms with Crippen molar-refractivity contribution in [2.24, 2.45) is 0 Å². The van der Waals surface area contributed by atoms with Crippen molar-refractivity contribution < 1.29 is 9.31 Å². The van der Waals surface area contributed by atoms with Gasteiger partial charge in [0.15, 0.2) is 5.82 Å². The van der Waals surface area contributed by atoms with E-state index in [4.69, 9.17) is 11.6 Å². The third kappa shape index (κ3) is 4.04. The van der Waals surface area contributed by atoms with Gasteiger partial charge in [0, 0.05) is 30.3 Å². The van der Waals surface area contributed by atoms with Gasteiger partial charge in [-0.2, -0.15) is 5.10 Å². The van der Waals surface area contributed by atoms with Crippen LogP contribution in [0.5, 0.6) is 0 Å². The number of benzene rings is 1. The minimum absolute atomic E-state index is 0.0323. The monoisotopic (exact) mass is 402 g/mol. The summed E-state index contributed by atoms with van der Waals surface area (Å²) in [5.41, 5.74) is 1.55. The number of nitro groups is 1. The van der Waals surface area contributed by atoms with E-state index in [2.05, 4.69) is 25.8 Å². The van der Waals surface area contributed by atoms with E-state index in [1.54, 1.807) is 12.1 Å². The molecule has 28 heavy (non-hydrogen) atoms. The number of aromatic nitrogens is 3. The van der Waals surface area contributed by atoms with E-state index in [0.717, 1.165) is 24.1 Å². The predicted octanol–water partition coefficient (Wildman–Crippen LogP) is 4.74. The van der Waals surface area contributed by atoms with E-state index in [9.17, 15) is 14.5 Å². The van der Waals surface area contributed by atoms with Crippen LogP contribution in [0, 0.1) is 15.9 Å². The highest BCUT2D eigenvalue weighted by Crippen LogP contribution is 2.40. The largest absolute Gasteiger partial charge is 0.365 e. The molecule has 4 rings (SSSR count). The van der Waals surface area contributed by atoms with Gasteiger partial charge in [0.2, 0.25) is 5.82 Å². The van der Waals surface area contributed by atoms with Crippen LogP contribution in [0.3, 0.4) is 0 Å². The van der Waals surface area contributed by atoms with E-state index >= 15 is 0 Å². The van der Waals surface area contributed by atoms with Crippen molar-refractivity contribution in [3.63, 3.8) is 0 Å². The first-order valence-corrected chi connectivity index (χ1v) is 9.03. The second-order valence-corrected chi connectivity index (χ2v) is 6.94. The molecule has 8 nitrogen and oxygen atoms in total. The summed E-state index contributed by atoms with van der Waals surface area (Å²) >= 11 is 6.15. The minimum Gasteiger partial charge on any atom is -0.365 e. The molecule has 3 N–H and O–H groups in total. The van der Waals surface area contributed by atoms with E-state index in [1.807, 2.05) is 6.07 Å². The molecule has 0 saturated heterocycles. The van der Waals surface area contributed by atoms with Gasteiger partial charge in [0.1, 0.15) is 11.6 Å². The van der Waals surface area contributed by atoms with Gasteiger partial charge in [-0.3, -0.25) is 15.2 Å². The van der Waals surface area contributed by atoms with E-state index in [1.165, 1.54) is 18.2 Å². The van der Waals surface area contributed by atoms with Gasteiger partial charge in [-0.15, -0.1) is 0 Å². The van der Waals surface area contributed by atoms with Gasteiger partial charge in [-0.1, -0.05) is 23.7 Å². The number of nitrogens with one attached hydrogen (secondary N) is 3. The van der Waals surface area contributed by atoms with Crippen molar-refractivity contribution in [3.05, 3.63) is 68.6 Å². The number of hydrogen-bond acceptors (Lipinski definition) is 6. The summed E-state index contributed by atoms with van der Waals surface area (Å²) in [7, 11) is 0. The molecule has 0 radical (unpaired) electrons. The molecule has 1 aliphatic carbocycles. The molecule has 1 aliphatic rings. The first kappa shape index (κ1) is 18.2. The number of anilines is 3. The van der Waals surface area contributed by atoms with Gasteiger partial charge in [-0.05, 0) is 30.5 Å². The van der Waals surface area contributed by atoms with Gasteiger partial charge in [-0.25, -0.2) is 9.37 Å². The molecule has 1 saturated carbocycles. The van der Waals surface area contributed by atoms with Crippen molar-refractivity contribution >= 4 is 34.7 Å². The molecule has 10 heteroatoms. The average molecular weight is 403 g/mol. The Hall–Kier alpha value is -3.20. The van der Waals surface area contributed by atoms with Crippen LogP contribution in [0.1, 0.15) is 30.0 Å². The number of halogens is 2. The summed E-state index contributed by atoms with van der Waals surface area (Å²) in [5, 5.41) is 24.5. The Labute approximate surface area is 164 Å². The molecule has 2 heterocycles. The molecule has 0 spiro atoms. The lowest BCUT2D eigenvalue weighted by Crippen LogP contribution is -2.06. The number of pyridine rings is 1. The normalized spacial score (nSPS) is 13.4. The number of aromatic amines is 1. The van der Waals surface area contributed by atoms with Crippen LogP contribution in [-0.2, 0) is 6.54 Å². The van der Waals surface area contributed by atoms with E-state index in [0.29, 0.717) is 18.3 Å². The van der Waals surface area contributed by atoms with Crippen LogP contribution in [0.4, 0.5) is 27.5 Å². The Morgan fingerprint density at radius 3 is 2.68 bits per heavy atom. The first-order chi connectivity index (χ1) is 13.5. The number of nitrogens with zero attached hydrogens (tertiary/aromatic N) is 3. The molecular weight excluding hydrogens is 387 g/mol. The van der Waals surface area contributed by atoms with Crippen molar-refractivity contribution in [1.29, 1.82) is 0 Å². The molecule has 144 valence electrons. The van der Waals surface area contributed by atoms with Gasteiger partial charge in [0.25, 0.3) is 0 Å². The smallest absolute Gasteiger partial charge is 0.313 e. The van der Waals surface area contributed by atoms with Crippen molar-refractivity contribution in [2.75, 3.05) is 10.6 Å². The molecule has 0 amide bonds. The van der Waals surface area contributed by atoms with Crippen LogP contribution in [0.15, 0.2) is 36.4 Å². The fourth-order valence-corrected chi connectivity index (χ4v) is 2.96. The summed E-state index contributed by atoms with van der Waals surface area (Å²) in [6, 6.07) is 9.02. The SMILES string of the molecule is O=[N+]([O-])c1cc(Cl)c(NCc2ccc(F)cc2)nc1Nc1cc(C2CC2)[nH]n1. The highest BCUT2D eigenvalue weighted by atomic mass is 35.5. The zero-order valence-electron chi connectivity index (χ0n) is 14.6. The van der Waals surface area contributed by atoms with Crippen LogP contribution in [0.25, 0.3) is 0 Å². The standard InChI is InChI=1S/C18H16ClFN6O2/c19-13-7-15(26(27)28)18(22-16-8-14(24-25-16)11-3-4-11)23-17(13)21-9-10-1-5-12(20)6-2-10/h1-2,5-8,11H,3-4,9H2,(H3,21,22,23,24,25). The summed E-state index contributed by atoms with van der Waals surface area (Å²) < 4.78 is 13.0. The van der Waals surface area contributed by atoms with Crippen molar-refractivity contribution in [3.8, 4) is 0 Å². The Morgan fingerprint density at radius 2 is 2.00 bits per heavy atom. The third-order valence-electron chi connectivity index (χ3n) is 4.39. The number of hydrogen-bond donors (Lipinski definition) is 3. The van der Waals surface area contributed by atoms with Gasteiger partial charge >= 0.3 is 5.69 Å². The Bertz CT molecular complexity index is 1020. The first-order valence-electron chi connectivity index (χ1n) is 8.65. The third-order valence-corrected chi connectivity index (χ3v) is 4.68. The topological polar surface area (TPSA) is 109 Å². The number of rotatable bonds is 7. The summed E-state index contributed by atoms with van der Waals surface area (Å²) in [5.74, 6) is 0.904. The zero-order chi connectivity index (χ0) is 19.7. The maximum atomic E-state index is 13.0. The maximum absolute atomic E-state index is 13.0. The van der Waals surface area contributed by atoms with Crippen LogP contribution in [-0.4, -0.2) is 20.1 Å². The molecule has 0 bridgehead atoms. The van der Waals surface area contributed by atoms with Crippen LogP contribution < -0.4 is 10.6 Å². The molecule has 2 aromatic heterocycles. The quantitative estimate of drug-likeness (QED) is 0.389. The molecule has 3 aromatic rings. The lowest BCUT2D eigenvalue weighted by molar-refractivity contribution is -0.384. The Kier molecular flexibility index (Phi) is 4.82. The molecule has 1 aromatic carbocycles. The molecular formula is C18H16ClFN6O2. The van der Waals surface area contributed by atoms with E-state index < -0.39 is 4.92 Å². The average Bonchev–Trinajstić information content (AvgIpc) is 3.42. The highest BCUT2D eigenvalue weighted by Gasteiger charge is 2.26. The second-order valence-electron chi connectivity index (χ2n) is 6.53. The second kappa shape index (κ2) is 7.43. The van der Waals surface area contributed by atoms with Crippen molar-refractivity contribution in [2.45, 2.75) is 25.3 Å². The molecule has 1 fully saturated rings. The molecule has 0 aliphatic heterocycles. The fraction of sp³-hybridized carbons (Fsp3) is 0.222. The number of H-pyrrole nitrogens is 1. The Balaban J connectivity index is 1.57. The molecule has 0 atom stereocenters. The highest BCUT2D eigenvalue weighted by molar-refractivity contribution is 6.33. The van der Waals surface area contributed by atoms with Gasteiger partial charge in [0.05, 0.1) is 9.95 Å². The zero-order valence-corrected chi connectivity index (χ0v) is 15.3. The Morgan fingerprint density at radius 1 is 1.25 bits per heavy atom. The lowest BCUT2D eigenvalue weighted by Gasteiger charge is -2.10. The maximum Gasteiger partial charge on any atom is 0.313 e. The van der Waals surface area contributed by atoms with E-state index in [-0.39, 0.29) is 28.2 Å². The lowest BCUT2D eigenvalue weighted by atomic mass is 10.2.